The van der Waals surface area contributed by atoms with Gasteiger partial charge in [-0.05, 0) is 19.9 Å². The molecule has 0 aromatic carbocycles. The van der Waals surface area contributed by atoms with Gasteiger partial charge in [0.2, 0.25) is 0 Å². The van der Waals surface area contributed by atoms with Crippen molar-refractivity contribution in [1.82, 2.24) is 4.98 Å². The number of hydrogen-bond acceptors (Lipinski definition) is 5. The second-order valence-electron chi connectivity index (χ2n) is 3.40. The Morgan fingerprint density at radius 1 is 1.69 bits per heavy atom. The number of aryl methyl sites for hydroxylation is 1. The van der Waals surface area contributed by atoms with Gasteiger partial charge in [0.15, 0.2) is 0 Å². The van der Waals surface area contributed by atoms with Gasteiger partial charge in [-0.25, -0.2) is 0 Å². The van der Waals surface area contributed by atoms with Crippen LogP contribution in [0, 0.1) is 6.92 Å². The number of nitrogens with zero attached hydrogens (tertiary/aromatic N) is 1. The fourth-order valence-electron chi connectivity index (χ4n) is 1.37. The number of esters is 1. The van der Waals surface area contributed by atoms with Crippen LogP contribution < -0.4 is 5.73 Å². The summed E-state index contributed by atoms with van der Waals surface area (Å²) in [5.74, 6) is -0.613. The first-order valence-electron chi connectivity index (χ1n) is 5.09. The van der Waals surface area contributed by atoms with Crippen molar-refractivity contribution in [2.45, 2.75) is 26.0 Å². The summed E-state index contributed by atoms with van der Waals surface area (Å²) < 4.78 is 4.74. The van der Waals surface area contributed by atoms with E-state index >= 15 is 0 Å². The van der Waals surface area contributed by atoms with E-state index in [1.165, 1.54) is 0 Å². The van der Waals surface area contributed by atoms with Gasteiger partial charge >= 0.3 is 5.97 Å². The van der Waals surface area contributed by atoms with Crippen LogP contribution in [-0.2, 0) is 9.53 Å². The van der Waals surface area contributed by atoms with Crippen LogP contribution in [0.1, 0.15) is 24.3 Å². The molecular weight excluding hydrogens is 208 g/mol. The zero-order valence-electron chi connectivity index (χ0n) is 9.38. The van der Waals surface area contributed by atoms with Gasteiger partial charge in [0, 0.05) is 17.5 Å². The molecular formula is C11H16N2O3. The molecule has 1 aromatic rings. The molecule has 5 heteroatoms. The van der Waals surface area contributed by atoms with Crippen molar-refractivity contribution in [3.63, 3.8) is 0 Å². The van der Waals surface area contributed by atoms with Crippen LogP contribution in [0.3, 0.4) is 0 Å². The molecule has 2 atom stereocenters. The van der Waals surface area contributed by atoms with Crippen LogP contribution in [0.15, 0.2) is 18.3 Å². The molecule has 0 saturated heterocycles. The zero-order chi connectivity index (χ0) is 12.1. The fourth-order valence-corrected chi connectivity index (χ4v) is 1.37. The molecule has 0 unspecified atom stereocenters. The van der Waals surface area contributed by atoms with E-state index in [2.05, 4.69) is 4.98 Å². The van der Waals surface area contributed by atoms with Crippen LogP contribution >= 0.6 is 0 Å². The van der Waals surface area contributed by atoms with Crippen molar-refractivity contribution < 1.29 is 14.6 Å². The average molecular weight is 224 g/mol. The number of carbonyl (C=O) groups is 1. The van der Waals surface area contributed by atoms with Crippen molar-refractivity contribution in [2.75, 3.05) is 6.61 Å². The van der Waals surface area contributed by atoms with Crippen LogP contribution in [0.4, 0.5) is 0 Å². The van der Waals surface area contributed by atoms with Gasteiger partial charge in [-0.3, -0.25) is 9.78 Å². The molecule has 0 radical (unpaired) electrons. The van der Waals surface area contributed by atoms with Gasteiger partial charge in [0.25, 0.3) is 0 Å². The lowest BCUT2D eigenvalue weighted by atomic mass is 10.0. The summed E-state index contributed by atoms with van der Waals surface area (Å²) in [7, 11) is 0. The quantitative estimate of drug-likeness (QED) is 0.719. The number of carbonyl (C=O) groups excluding carboxylic acids is 1. The van der Waals surface area contributed by atoms with E-state index in [1.54, 1.807) is 32.2 Å². The maximum absolute atomic E-state index is 11.3. The third kappa shape index (κ3) is 2.77. The largest absolute Gasteiger partial charge is 0.465 e. The van der Waals surface area contributed by atoms with Crippen molar-refractivity contribution in [2.24, 2.45) is 5.73 Å². The molecule has 0 aliphatic rings. The predicted molar refractivity (Wildman–Crippen MR) is 58.5 cm³/mol. The second-order valence-corrected chi connectivity index (χ2v) is 3.40. The summed E-state index contributed by atoms with van der Waals surface area (Å²) in [6.45, 7) is 3.67. The molecule has 1 rings (SSSR count). The maximum atomic E-state index is 11.3. The highest BCUT2D eigenvalue weighted by Gasteiger charge is 2.26. The molecule has 5 nitrogen and oxygen atoms in total. The van der Waals surface area contributed by atoms with Crippen molar-refractivity contribution in [3.8, 4) is 0 Å². The van der Waals surface area contributed by atoms with E-state index in [1.807, 2.05) is 0 Å². The normalized spacial score (nSPS) is 14.2. The molecule has 0 saturated carbocycles. The molecule has 0 fully saturated rings. The van der Waals surface area contributed by atoms with E-state index < -0.39 is 18.1 Å². The third-order valence-electron chi connectivity index (χ3n) is 2.27. The minimum Gasteiger partial charge on any atom is -0.465 e. The highest BCUT2D eigenvalue weighted by Crippen LogP contribution is 2.18. The molecule has 16 heavy (non-hydrogen) atoms. The summed E-state index contributed by atoms with van der Waals surface area (Å²) in [6.07, 6.45) is 0.522. The predicted octanol–water partition coefficient (Wildman–Crippen LogP) is 0.314. The Bertz CT molecular complexity index is 368. The van der Waals surface area contributed by atoms with Gasteiger partial charge in [-0.15, -0.1) is 0 Å². The fraction of sp³-hybridized carbons (Fsp3) is 0.455. The summed E-state index contributed by atoms with van der Waals surface area (Å²) >= 11 is 0. The van der Waals surface area contributed by atoms with Gasteiger partial charge in [-0.2, -0.15) is 0 Å². The number of nitrogens with two attached hydrogens (primary N) is 1. The Kier molecular flexibility index (Phi) is 4.39. The molecule has 0 spiro atoms. The Balaban J connectivity index is 2.82. The van der Waals surface area contributed by atoms with E-state index in [0.29, 0.717) is 11.3 Å². The lowest BCUT2D eigenvalue weighted by molar-refractivity contribution is -0.147. The number of aliphatic hydroxyl groups is 1. The van der Waals surface area contributed by atoms with Crippen molar-refractivity contribution in [3.05, 3.63) is 29.6 Å². The highest BCUT2D eigenvalue weighted by molar-refractivity contribution is 5.76. The topological polar surface area (TPSA) is 85.4 Å². The first-order chi connectivity index (χ1) is 7.57. The number of aromatic nitrogens is 1. The van der Waals surface area contributed by atoms with Crippen molar-refractivity contribution >= 4 is 5.97 Å². The van der Waals surface area contributed by atoms with Crippen molar-refractivity contribution in [1.29, 1.82) is 0 Å². The van der Waals surface area contributed by atoms with Crippen LogP contribution in [0.5, 0.6) is 0 Å². The molecule has 1 heterocycles. The summed E-state index contributed by atoms with van der Waals surface area (Å²) in [5, 5.41) is 9.90. The van der Waals surface area contributed by atoms with Crippen LogP contribution in [0.25, 0.3) is 0 Å². The molecule has 0 aliphatic carbocycles. The van der Waals surface area contributed by atoms with Crippen LogP contribution in [0.2, 0.25) is 0 Å². The number of hydrogen-bond donors (Lipinski definition) is 2. The standard InChI is InChI=1S/C11H16N2O3/c1-3-16-11(15)9(12)10(14)8-5-4-6-13-7(8)2/h4-6,9-10,14H,3,12H2,1-2H3/t9-,10+/m1/s1. The van der Waals surface area contributed by atoms with Gasteiger partial charge in [-0.1, -0.05) is 6.07 Å². The lowest BCUT2D eigenvalue weighted by Gasteiger charge is -2.18. The summed E-state index contributed by atoms with van der Waals surface area (Å²) in [4.78, 5) is 15.4. The van der Waals surface area contributed by atoms with E-state index in [4.69, 9.17) is 10.5 Å². The van der Waals surface area contributed by atoms with Crippen LogP contribution in [-0.4, -0.2) is 28.7 Å². The Morgan fingerprint density at radius 2 is 2.38 bits per heavy atom. The monoisotopic (exact) mass is 224 g/mol. The average Bonchev–Trinajstić information content (AvgIpc) is 2.28. The Labute approximate surface area is 94.2 Å². The molecule has 0 bridgehead atoms. The third-order valence-corrected chi connectivity index (χ3v) is 2.27. The smallest absolute Gasteiger partial charge is 0.325 e. The summed E-state index contributed by atoms with van der Waals surface area (Å²) in [6, 6.07) is 2.29. The maximum Gasteiger partial charge on any atom is 0.325 e. The van der Waals surface area contributed by atoms with E-state index in [-0.39, 0.29) is 6.61 Å². The van der Waals surface area contributed by atoms with Gasteiger partial charge < -0.3 is 15.6 Å². The minimum atomic E-state index is -1.09. The SMILES string of the molecule is CCOC(=O)[C@H](N)[C@@H](O)c1cccnc1C. The number of rotatable bonds is 4. The molecule has 0 amide bonds. The summed E-state index contributed by atoms with van der Waals surface area (Å²) in [5.41, 5.74) is 6.79. The second kappa shape index (κ2) is 5.58. The number of pyridine rings is 1. The van der Waals surface area contributed by atoms with E-state index in [0.717, 1.165) is 0 Å². The molecule has 1 aromatic heterocycles. The Hall–Kier alpha value is -1.46. The minimum absolute atomic E-state index is 0.241. The first kappa shape index (κ1) is 12.6. The first-order valence-corrected chi connectivity index (χ1v) is 5.09. The lowest BCUT2D eigenvalue weighted by Crippen LogP contribution is -2.38. The molecule has 3 N–H and O–H groups in total. The number of aliphatic hydroxyl groups excluding tert-OH is 1. The number of ether oxygens (including phenoxy) is 1. The van der Waals surface area contributed by atoms with Gasteiger partial charge in [0.05, 0.1) is 6.61 Å². The van der Waals surface area contributed by atoms with E-state index in [9.17, 15) is 9.90 Å². The van der Waals surface area contributed by atoms with Gasteiger partial charge in [0.1, 0.15) is 12.1 Å². The highest BCUT2D eigenvalue weighted by atomic mass is 16.5. The molecule has 0 aliphatic heterocycles. The zero-order valence-corrected chi connectivity index (χ0v) is 9.38. The molecule has 88 valence electrons. The Morgan fingerprint density at radius 3 is 2.94 bits per heavy atom.